The lowest BCUT2D eigenvalue weighted by Crippen LogP contribution is -2.13. The van der Waals surface area contributed by atoms with E-state index in [1.807, 2.05) is 20.8 Å². The molecule has 0 aliphatic carbocycles. The average Bonchev–Trinajstić information content (AvgIpc) is 2.72. The van der Waals surface area contributed by atoms with E-state index in [4.69, 9.17) is 18.9 Å². The second-order valence-corrected chi connectivity index (χ2v) is 8.68. The van der Waals surface area contributed by atoms with Crippen molar-refractivity contribution in [1.82, 2.24) is 0 Å². The number of carbonyl (C=O) groups is 2. The molecule has 0 fully saturated rings. The number of methoxy groups -OCH3 is 1. The topological polar surface area (TPSA) is 91.3 Å². The minimum absolute atomic E-state index is 0.0235. The molecule has 0 spiro atoms. The maximum Gasteiger partial charge on any atom is 0.298 e. The Bertz CT molecular complexity index is 929. The molecule has 0 bridgehead atoms. The van der Waals surface area contributed by atoms with E-state index in [1.165, 1.54) is 7.11 Å². The predicted molar refractivity (Wildman–Crippen MR) is 121 cm³/mol. The van der Waals surface area contributed by atoms with Gasteiger partial charge in [-0.1, -0.05) is 20.8 Å². The lowest BCUT2D eigenvalue weighted by atomic mass is 9.87. The summed E-state index contributed by atoms with van der Waals surface area (Å²) >= 11 is 0. The van der Waals surface area contributed by atoms with E-state index in [-0.39, 0.29) is 16.9 Å². The first-order valence-electron chi connectivity index (χ1n) is 10.6. The van der Waals surface area contributed by atoms with Crippen molar-refractivity contribution in [2.45, 2.75) is 47.0 Å². The van der Waals surface area contributed by atoms with Gasteiger partial charge in [-0.3, -0.25) is 9.59 Å². The molecule has 0 radical (unpaired) electrons. The number of aromatic hydroxyl groups is 1. The number of benzene rings is 2. The summed E-state index contributed by atoms with van der Waals surface area (Å²) in [4.78, 5) is 22.9. The third-order valence-electron chi connectivity index (χ3n) is 4.75. The molecule has 0 atom stereocenters. The van der Waals surface area contributed by atoms with Crippen LogP contribution >= 0.6 is 0 Å². The number of unbranched alkanes of at least 4 members (excludes halogenated alkanes) is 1. The first-order chi connectivity index (χ1) is 15.2. The molecule has 0 heterocycles. The van der Waals surface area contributed by atoms with Crippen molar-refractivity contribution in [2.24, 2.45) is 5.41 Å². The standard InChI is InChI=1S/C25H32O7/c1-17-21(11-9-19(24(17)28)20(27)15-25(2,3)4)30-12-6-7-13-31-23-14-18(32-16-26)8-10-22(23)29-5/h8-11,14,16,28H,6-7,12-13,15H2,1-5H3. The van der Waals surface area contributed by atoms with Crippen LogP contribution in [-0.2, 0) is 4.79 Å². The van der Waals surface area contributed by atoms with Crippen molar-refractivity contribution in [3.63, 3.8) is 0 Å². The maximum atomic E-state index is 12.4. The van der Waals surface area contributed by atoms with Gasteiger partial charge in [0.25, 0.3) is 6.47 Å². The Balaban J connectivity index is 1.85. The van der Waals surface area contributed by atoms with Crippen LogP contribution in [0.25, 0.3) is 0 Å². The average molecular weight is 445 g/mol. The highest BCUT2D eigenvalue weighted by molar-refractivity contribution is 5.99. The molecular weight excluding hydrogens is 412 g/mol. The summed E-state index contributed by atoms with van der Waals surface area (Å²) < 4.78 is 21.6. The van der Waals surface area contributed by atoms with Gasteiger partial charge in [-0.15, -0.1) is 0 Å². The summed E-state index contributed by atoms with van der Waals surface area (Å²) in [6.45, 7) is 8.92. The monoisotopic (exact) mass is 444 g/mol. The van der Waals surface area contributed by atoms with Crippen LogP contribution < -0.4 is 18.9 Å². The Kier molecular flexibility index (Phi) is 8.93. The highest BCUT2D eigenvalue weighted by Crippen LogP contribution is 2.34. The van der Waals surface area contributed by atoms with Crippen LogP contribution in [0.3, 0.4) is 0 Å². The van der Waals surface area contributed by atoms with Crippen molar-refractivity contribution in [1.29, 1.82) is 0 Å². The highest BCUT2D eigenvalue weighted by atomic mass is 16.5. The molecule has 7 heteroatoms. The molecular formula is C25H32O7. The number of hydrogen-bond donors (Lipinski definition) is 1. The Morgan fingerprint density at radius 1 is 1.00 bits per heavy atom. The summed E-state index contributed by atoms with van der Waals surface area (Å²) in [6, 6.07) is 8.23. The fourth-order valence-corrected chi connectivity index (χ4v) is 3.11. The van der Waals surface area contributed by atoms with Crippen molar-refractivity contribution in [3.8, 4) is 28.7 Å². The molecule has 0 saturated carbocycles. The molecule has 7 nitrogen and oxygen atoms in total. The fraction of sp³-hybridized carbons (Fsp3) is 0.440. The number of phenolic OH excluding ortho intramolecular Hbond substituents is 1. The molecule has 0 amide bonds. The van der Waals surface area contributed by atoms with Gasteiger partial charge in [0.15, 0.2) is 17.3 Å². The van der Waals surface area contributed by atoms with Gasteiger partial charge in [0.05, 0.1) is 25.9 Å². The predicted octanol–water partition coefficient (Wildman–Crippen LogP) is 5.10. The quantitative estimate of drug-likeness (QED) is 0.277. The summed E-state index contributed by atoms with van der Waals surface area (Å²) in [6.07, 6.45) is 1.79. The first kappa shape index (κ1) is 25.0. The number of Topliss-reactive ketones (excluding diaryl/α,β-unsaturated/α-hetero) is 1. The molecule has 0 aliphatic rings. The van der Waals surface area contributed by atoms with Crippen LogP contribution in [0.15, 0.2) is 30.3 Å². The third-order valence-corrected chi connectivity index (χ3v) is 4.75. The van der Waals surface area contributed by atoms with Crippen LogP contribution in [-0.4, -0.2) is 37.7 Å². The van der Waals surface area contributed by atoms with Gasteiger partial charge in [0.1, 0.15) is 17.2 Å². The van der Waals surface area contributed by atoms with E-state index in [0.29, 0.717) is 60.2 Å². The minimum atomic E-state index is -0.151. The van der Waals surface area contributed by atoms with E-state index in [9.17, 15) is 14.7 Å². The molecule has 2 rings (SSSR count). The van der Waals surface area contributed by atoms with Crippen molar-refractivity contribution >= 4 is 12.3 Å². The number of ether oxygens (including phenoxy) is 4. The van der Waals surface area contributed by atoms with E-state index in [1.54, 1.807) is 37.3 Å². The fourth-order valence-electron chi connectivity index (χ4n) is 3.11. The second kappa shape index (κ2) is 11.4. The number of carbonyl (C=O) groups excluding carboxylic acids is 2. The van der Waals surface area contributed by atoms with Gasteiger partial charge < -0.3 is 24.1 Å². The normalized spacial score (nSPS) is 11.0. The Morgan fingerprint density at radius 3 is 2.22 bits per heavy atom. The molecule has 174 valence electrons. The molecule has 2 aromatic carbocycles. The van der Waals surface area contributed by atoms with Crippen LogP contribution in [0.2, 0.25) is 0 Å². The van der Waals surface area contributed by atoms with Crippen molar-refractivity contribution in [3.05, 3.63) is 41.5 Å². The summed E-state index contributed by atoms with van der Waals surface area (Å²) in [5.74, 6) is 1.86. The largest absolute Gasteiger partial charge is 0.507 e. The Labute approximate surface area is 189 Å². The number of phenols is 1. The summed E-state index contributed by atoms with van der Waals surface area (Å²) in [7, 11) is 1.54. The highest BCUT2D eigenvalue weighted by Gasteiger charge is 2.21. The van der Waals surface area contributed by atoms with Gasteiger partial charge in [-0.05, 0) is 49.4 Å². The van der Waals surface area contributed by atoms with E-state index < -0.39 is 0 Å². The molecule has 32 heavy (non-hydrogen) atoms. The zero-order valence-electron chi connectivity index (χ0n) is 19.4. The zero-order chi connectivity index (χ0) is 23.7. The molecule has 0 saturated heterocycles. The number of hydrogen-bond acceptors (Lipinski definition) is 7. The molecule has 0 aromatic heterocycles. The maximum absolute atomic E-state index is 12.4. The number of ketones is 1. The first-order valence-corrected chi connectivity index (χ1v) is 10.6. The van der Waals surface area contributed by atoms with E-state index in [0.717, 1.165) is 12.8 Å². The SMILES string of the molecule is COc1ccc(OC=O)cc1OCCCCOc1ccc(C(=O)CC(C)(C)C)c(O)c1C. The van der Waals surface area contributed by atoms with Gasteiger partial charge in [0.2, 0.25) is 0 Å². The summed E-state index contributed by atoms with van der Waals surface area (Å²) in [5.41, 5.74) is 0.729. The van der Waals surface area contributed by atoms with Crippen LogP contribution in [0, 0.1) is 12.3 Å². The van der Waals surface area contributed by atoms with Crippen LogP contribution in [0.4, 0.5) is 0 Å². The van der Waals surface area contributed by atoms with Crippen molar-refractivity contribution < 1.29 is 33.6 Å². The lowest BCUT2D eigenvalue weighted by Gasteiger charge is -2.18. The lowest BCUT2D eigenvalue weighted by molar-refractivity contribution is -0.120. The zero-order valence-corrected chi connectivity index (χ0v) is 19.4. The molecule has 2 aromatic rings. The Morgan fingerprint density at radius 2 is 1.62 bits per heavy atom. The third kappa shape index (κ3) is 7.18. The molecule has 0 unspecified atom stereocenters. The van der Waals surface area contributed by atoms with Gasteiger partial charge in [-0.25, -0.2) is 0 Å². The van der Waals surface area contributed by atoms with Gasteiger partial charge in [0, 0.05) is 18.1 Å². The second-order valence-electron chi connectivity index (χ2n) is 8.68. The van der Waals surface area contributed by atoms with Crippen molar-refractivity contribution in [2.75, 3.05) is 20.3 Å². The van der Waals surface area contributed by atoms with Crippen LogP contribution in [0.1, 0.15) is 56.0 Å². The van der Waals surface area contributed by atoms with E-state index >= 15 is 0 Å². The van der Waals surface area contributed by atoms with Gasteiger partial charge in [-0.2, -0.15) is 0 Å². The minimum Gasteiger partial charge on any atom is -0.507 e. The van der Waals surface area contributed by atoms with Crippen LogP contribution in [0.5, 0.6) is 28.7 Å². The van der Waals surface area contributed by atoms with Gasteiger partial charge >= 0.3 is 0 Å². The summed E-state index contributed by atoms with van der Waals surface area (Å²) in [5, 5.41) is 10.5. The Hall–Kier alpha value is -3.22. The molecule has 0 aliphatic heterocycles. The smallest absolute Gasteiger partial charge is 0.298 e. The number of rotatable bonds is 12. The molecule has 1 N–H and O–H groups in total. The van der Waals surface area contributed by atoms with E-state index in [2.05, 4.69) is 0 Å².